The van der Waals surface area contributed by atoms with E-state index in [1.165, 1.54) is 17.4 Å². The summed E-state index contributed by atoms with van der Waals surface area (Å²) < 4.78 is 6.44. The van der Waals surface area contributed by atoms with Crippen molar-refractivity contribution in [2.45, 2.75) is 0 Å². The number of amides is 1. The number of hydrogen-bond acceptors (Lipinski definition) is 5. The molecule has 2 N–H and O–H groups in total. The fourth-order valence-electron chi connectivity index (χ4n) is 2.58. The smallest absolute Gasteiger partial charge is 0.293 e. The van der Waals surface area contributed by atoms with Gasteiger partial charge in [0.15, 0.2) is 16.0 Å². The summed E-state index contributed by atoms with van der Waals surface area (Å²) in [6.45, 7) is 0. The number of furan rings is 1. The Morgan fingerprint density at radius 3 is 2.57 bits per heavy atom. The van der Waals surface area contributed by atoms with Gasteiger partial charge in [0.05, 0.1) is 24.8 Å². The SMILES string of the molecule is O=C(NC(=S)Nc1nc2c(Cl)c(Cl)ccc2s1)c1ccc(-c2cccc(Cl)c2Cl)o1. The first-order valence-corrected chi connectivity index (χ1v) is 11.0. The molecular weight excluding hydrogens is 508 g/mol. The van der Waals surface area contributed by atoms with Crippen LogP contribution in [0.25, 0.3) is 21.5 Å². The number of aromatic nitrogens is 1. The summed E-state index contributed by atoms with van der Waals surface area (Å²) in [5.41, 5.74) is 1.13. The van der Waals surface area contributed by atoms with Gasteiger partial charge in [-0.15, -0.1) is 0 Å². The molecule has 30 heavy (non-hydrogen) atoms. The Labute approximate surface area is 199 Å². The lowest BCUT2D eigenvalue weighted by Crippen LogP contribution is -2.33. The molecule has 2 aromatic carbocycles. The monoisotopic (exact) mass is 515 g/mol. The van der Waals surface area contributed by atoms with Gasteiger partial charge in [-0.25, -0.2) is 4.98 Å². The Hall–Kier alpha value is -1.87. The largest absolute Gasteiger partial charge is 0.451 e. The lowest BCUT2D eigenvalue weighted by Gasteiger charge is -2.05. The molecule has 4 rings (SSSR count). The molecular formula is C19H9Cl4N3O2S2. The third-order valence-corrected chi connectivity index (χ3v) is 6.70. The molecule has 0 bridgehead atoms. The molecule has 2 heterocycles. The van der Waals surface area contributed by atoms with Crippen molar-refractivity contribution >= 4 is 96.3 Å². The molecule has 1 amide bonds. The molecule has 0 saturated carbocycles. The van der Waals surface area contributed by atoms with Crippen molar-refractivity contribution in [3.05, 3.63) is 68.3 Å². The molecule has 0 aliphatic carbocycles. The quantitative estimate of drug-likeness (QED) is 0.279. The van der Waals surface area contributed by atoms with E-state index in [1.807, 2.05) is 0 Å². The number of carbonyl (C=O) groups is 1. The van der Waals surface area contributed by atoms with Gasteiger partial charge in [0, 0.05) is 5.56 Å². The van der Waals surface area contributed by atoms with E-state index in [9.17, 15) is 4.79 Å². The molecule has 0 radical (unpaired) electrons. The van der Waals surface area contributed by atoms with E-state index < -0.39 is 5.91 Å². The van der Waals surface area contributed by atoms with Gasteiger partial charge in [-0.3, -0.25) is 10.1 Å². The number of nitrogens with zero attached hydrogens (tertiary/aromatic N) is 1. The van der Waals surface area contributed by atoms with E-state index >= 15 is 0 Å². The van der Waals surface area contributed by atoms with Crippen LogP contribution in [0.2, 0.25) is 20.1 Å². The maximum atomic E-state index is 12.5. The third-order valence-electron chi connectivity index (χ3n) is 3.95. The number of thiazole rings is 1. The van der Waals surface area contributed by atoms with Crippen molar-refractivity contribution in [3.63, 3.8) is 0 Å². The molecule has 2 aromatic heterocycles. The number of nitrogens with one attached hydrogen (secondary N) is 2. The van der Waals surface area contributed by atoms with E-state index in [2.05, 4.69) is 15.6 Å². The van der Waals surface area contributed by atoms with Crippen LogP contribution in [0.3, 0.4) is 0 Å². The van der Waals surface area contributed by atoms with Gasteiger partial charge in [0.1, 0.15) is 11.3 Å². The van der Waals surface area contributed by atoms with Gasteiger partial charge in [0.25, 0.3) is 5.91 Å². The third kappa shape index (κ3) is 4.27. The average molecular weight is 517 g/mol. The van der Waals surface area contributed by atoms with Crippen molar-refractivity contribution in [2.75, 3.05) is 5.32 Å². The van der Waals surface area contributed by atoms with Crippen LogP contribution in [0.4, 0.5) is 5.13 Å². The predicted molar refractivity (Wildman–Crippen MR) is 127 cm³/mol. The first-order chi connectivity index (χ1) is 14.3. The van der Waals surface area contributed by atoms with E-state index in [0.29, 0.717) is 42.1 Å². The van der Waals surface area contributed by atoms with Crippen LogP contribution in [0.5, 0.6) is 0 Å². The second-order valence-electron chi connectivity index (χ2n) is 5.90. The predicted octanol–water partition coefficient (Wildman–Crippen LogP) is 7.30. The average Bonchev–Trinajstić information content (AvgIpc) is 3.34. The van der Waals surface area contributed by atoms with Crippen LogP contribution in [0.1, 0.15) is 10.6 Å². The van der Waals surface area contributed by atoms with Crippen LogP contribution < -0.4 is 10.6 Å². The molecule has 11 heteroatoms. The topological polar surface area (TPSA) is 67.2 Å². The Morgan fingerprint density at radius 1 is 1.00 bits per heavy atom. The fraction of sp³-hybridized carbons (Fsp3) is 0. The Balaban J connectivity index is 1.47. The van der Waals surface area contributed by atoms with Crippen LogP contribution in [-0.4, -0.2) is 16.0 Å². The lowest BCUT2D eigenvalue weighted by atomic mass is 10.2. The van der Waals surface area contributed by atoms with Crippen LogP contribution >= 0.6 is 70.0 Å². The highest BCUT2D eigenvalue weighted by Crippen LogP contribution is 2.36. The number of hydrogen-bond donors (Lipinski definition) is 2. The molecule has 0 atom stereocenters. The van der Waals surface area contributed by atoms with Crippen molar-refractivity contribution in [2.24, 2.45) is 0 Å². The number of fused-ring (bicyclic) bond motifs is 1. The van der Waals surface area contributed by atoms with Crippen LogP contribution in [-0.2, 0) is 0 Å². The van der Waals surface area contributed by atoms with Crippen LogP contribution in [0.15, 0.2) is 46.9 Å². The van der Waals surface area contributed by atoms with Gasteiger partial charge in [-0.2, -0.15) is 0 Å². The van der Waals surface area contributed by atoms with Gasteiger partial charge in [-0.1, -0.05) is 63.8 Å². The van der Waals surface area contributed by atoms with Crippen molar-refractivity contribution < 1.29 is 9.21 Å². The van der Waals surface area contributed by atoms with E-state index in [0.717, 1.165) is 4.70 Å². The first kappa shape index (κ1) is 21.4. The number of rotatable bonds is 3. The van der Waals surface area contributed by atoms with Gasteiger partial charge >= 0.3 is 0 Å². The molecule has 0 saturated heterocycles. The zero-order valence-electron chi connectivity index (χ0n) is 14.6. The second-order valence-corrected chi connectivity index (χ2v) is 8.91. The number of benzene rings is 2. The summed E-state index contributed by atoms with van der Waals surface area (Å²) in [6.07, 6.45) is 0. The number of carbonyl (C=O) groups excluding carboxylic acids is 1. The minimum absolute atomic E-state index is 0.0556. The minimum atomic E-state index is -0.529. The van der Waals surface area contributed by atoms with Gasteiger partial charge in [0.2, 0.25) is 0 Å². The molecule has 0 unspecified atom stereocenters. The molecule has 0 spiro atoms. The highest BCUT2D eigenvalue weighted by atomic mass is 35.5. The van der Waals surface area contributed by atoms with E-state index in [-0.39, 0.29) is 10.9 Å². The van der Waals surface area contributed by atoms with Gasteiger partial charge in [-0.05, 0) is 48.6 Å². The minimum Gasteiger partial charge on any atom is -0.451 e. The Morgan fingerprint density at radius 2 is 1.77 bits per heavy atom. The summed E-state index contributed by atoms with van der Waals surface area (Å²) in [5, 5.41) is 7.41. The highest BCUT2D eigenvalue weighted by Gasteiger charge is 2.17. The summed E-state index contributed by atoms with van der Waals surface area (Å²) in [7, 11) is 0. The van der Waals surface area contributed by atoms with Crippen molar-refractivity contribution in [3.8, 4) is 11.3 Å². The van der Waals surface area contributed by atoms with E-state index in [4.69, 9.17) is 63.0 Å². The Bertz CT molecular complexity index is 1300. The standard InChI is InChI=1S/C19H9Cl4N3O2S2/c20-9-3-1-2-8(14(9)22)11-5-6-12(28-11)17(27)25-18(29)26-19-24-16-13(30-19)7-4-10(21)15(16)23/h1-7H,(H2,24,25,26,27,29). The number of halogens is 4. The summed E-state index contributed by atoms with van der Waals surface area (Å²) in [4.78, 5) is 16.8. The molecule has 4 aromatic rings. The second kappa shape index (κ2) is 8.70. The zero-order chi connectivity index (χ0) is 21.4. The summed E-state index contributed by atoms with van der Waals surface area (Å²) in [6, 6.07) is 11.8. The maximum absolute atomic E-state index is 12.5. The van der Waals surface area contributed by atoms with E-state index in [1.54, 1.807) is 36.4 Å². The zero-order valence-corrected chi connectivity index (χ0v) is 19.3. The molecule has 5 nitrogen and oxygen atoms in total. The van der Waals surface area contributed by atoms with Crippen LogP contribution in [0, 0.1) is 0 Å². The first-order valence-electron chi connectivity index (χ1n) is 8.24. The lowest BCUT2D eigenvalue weighted by molar-refractivity contribution is 0.0951. The normalized spacial score (nSPS) is 10.9. The fourth-order valence-corrected chi connectivity index (χ4v) is 4.52. The molecule has 0 aliphatic rings. The number of thiocarbonyl (C=S) groups is 1. The van der Waals surface area contributed by atoms with Crippen molar-refractivity contribution in [1.82, 2.24) is 10.3 Å². The summed E-state index contributed by atoms with van der Waals surface area (Å²) >= 11 is 30.9. The highest BCUT2D eigenvalue weighted by molar-refractivity contribution is 7.80. The molecule has 0 aliphatic heterocycles. The van der Waals surface area contributed by atoms with Gasteiger partial charge < -0.3 is 9.73 Å². The van der Waals surface area contributed by atoms with Crippen molar-refractivity contribution in [1.29, 1.82) is 0 Å². The summed E-state index contributed by atoms with van der Waals surface area (Å²) in [5.74, 6) is -0.0624. The maximum Gasteiger partial charge on any atom is 0.293 e. The Kier molecular flexibility index (Phi) is 6.20. The molecule has 152 valence electrons. The number of anilines is 1. The molecule has 0 fully saturated rings.